The smallest absolute Gasteiger partial charge is 0.410 e. The number of fused-ring (bicyclic) bond motifs is 1. The number of carbonyl (C=O) groups excluding carboxylic acids is 2. The van der Waals surface area contributed by atoms with Crippen molar-refractivity contribution in [3.8, 4) is 0 Å². The maximum absolute atomic E-state index is 14.1. The number of amides is 1. The third-order valence-electron chi connectivity index (χ3n) is 6.22. The molecule has 0 unspecified atom stereocenters. The van der Waals surface area contributed by atoms with E-state index in [2.05, 4.69) is 0 Å². The Balaban J connectivity index is 1.61. The summed E-state index contributed by atoms with van der Waals surface area (Å²) < 4.78 is 36.8. The largest absolute Gasteiger partial charge is 0.453 e. The van der Waals surface area contributed by atoms with E-state index in [-0.39, 0.29) is 51.5 Å². The van der Waals surface area contributed by atoms with E-state index >= 15 is 0 Å². The number of hydrogen-bond donors (Lipinski definition) is 0. The Morgan fingerprint density at radius 2 is 1.67 bits per heavy atom. The molecule has 2 aromatic rings. The highest BCUT2D eigenvalue weighted by Crippen LogP contribution is 2.66. The molecular weight excluding hydrogens is 483 g/mol. The maximum atomic E-state index is 14.1. The van der Waals surface area contributed by atoms with E-state index in [0.717, 1.165) is 11.1 Å². The van der Waals surface area contributed by atoms with Crippen LogP contribution in [0.4, 0.5) is 4.79 Å². The van der Waals surface area contributed by atoms with Gasteiger partial charge in [-0.05, 0) is 25.0 Å². The molecule has 192 valence electrons. The van der Waals surface area contributed by atoms with Gasteiger partial charge in [-0.15, -0.1) is 0 Å². The first-order chi connectivity index (χ1) is 17.4. The monoisotopic (exact) mass is 514 g/mol. The van der Waals surface area contributed by atoms with E-state index in [1.165, 1.54) is 4.90 Å². The van der Waals surface area contributed by atoms with Crippen LogP contribution in [0, 0.1) is 0 Å². The van der Waals surface area contributed by atoms with Crippen molar-refractivity contribution in [1.82, 2.24) is 4.90 Å². The molecule has 2 aliphatic rings. The number of rotatable bonds is 9. The van der Waals surface area contributed by atoms with E-state index in [0.29, 0.717) is 0 Å². The molecule has 2 atom stereocenters. The normalized spacial score (nSPS) is 21.8. The van der Waals surface area contributed by atoms with Gasteiger partial charge >= 0.3 is 19.7 Å². The third kappa shape index (κ3) is 5.38. The number of esters is 1. The molecule has 36 heavy (non-hydrogen) atoms. The van der Waals surface area contributed by atoms with Crippen LogP contribution in [0.15, 0.2) is 65.7 Å². The Kier molecular flexibility index (Phi) is 8.24. The van der Waals surface area contributed by atoms with Crippen molar-refractivity contribution in [3.05, 3.63) is 71.8 Å². The second-order valence-corrected chi connectivity index (χ2v) is 10.8. The van der Waals surface area contributed by atoms with Crippen LogP contribution in [0.2, 0.25) is 0 Å². The summed E-state index contributed by atoms with van der Waals surface area (Å²) in [6.07, 6.45) is -1.22. The topological polar surface area (TPSA) is 104 Å². The minimum Gasteiger partial charge on any atom is -0.453 e. The van der Waals surface area contributed by atoms with Crippen LogP contribution < -0.4 is 0 Å². The van der Waals surface area contributed by atoms with Gasteiger partial charge in [-0.25, -0.2) is 9.59 Å². The molecule has 1 amide bonds. The van der Waals surface area contributed by atoms with E-state index in [9.17, 15) is 14.2 Å². The molecule has 2 heterocycles. The molecule has 0 saturated carbocycles. The number of piperidine rings is 1. The number of nitrogens with zero attached hydrogens (tertiary/aromatic N) is 2. The third-order valence-corrected chi connectivity index (χ3v) is 8.97. The fourth-order valence-electron chi connectivity index (χ4n) is 4.49. The molecule has 1 fully saturated rings. The zero-order valence-electron chi connectivity index (χ0n) is 20.5. The van der Waals surface area contributed by atoms with Crippen molar-refractivity contribution < 1.29 is 32.7 Å². The van der Waals surface area contributed by atoms with E-state index in [4.69, 9.17) is 23.5 Å². The second kappa shape index (κ2) is 11.4. The summed E-state index contributed by atoms with van der Waals surface area (Å²) >= 11 is 0. The molecule has 0 N–H and O–H groups in total. The lowest BCUT2D eigenvalue weighted by molar-refractivity contribution is -0.148. The predicted octanol–water partition coefficient (Wildman–Crippen LogP) is 4.60. The van der Waals surface area contributed by atoms with E-state index in [1.54, 1.807) is 13.8 Å². The average molecular weight is 515 g/mol. The van der Waals surface area contributed by atoms with E-state index in [1.807, 2.05) is 60.7 Å². The van der Waals surface area contributed by atoms with Crippen molar-refractivity contribution >= 4 is 25.4 Å². The lowest BCUT2D eigenvalue weighted by Gasteiger charge is -2.48. The van der Waals surface area contributed by atoms with Crippen LogP contribution in [-0.4, -0.2) is 60.4 Å². The van der Waals surface area contributed by atoms with Crippen molar-refractivity contribution in [2.45, 2.75) is 44.7 Å². The fraction of sp³-hybridized carbons (Fsp3) is 0.423. The van der Waals surface area contributed by atoms with Crippen LogP contribution in [0.25, 0.3) is 0 Å². The van der Waals surface area contributed by atoms with Crippen LogP contribution >= 0.6 is 7.60 Å². The van der Waals surface area contributed by atoms with Crippen molar-refractivity contribution in [2.75, 3.05) is 26.3 Å². The molecule has 0 aromatic heterocycles. The summed E-state index contributed by atoms with van der Waals surface area (Å²) in [6, 6.07) is 18.7. The van der Waals surface area contributed by atoms with Gasteiger partial charge in [0.15, 0.2) is 6.10 Å². The van der Waals surface area contributed by atoms with Gasteiger partial charge in [-0.3, -0.25) is 9.56 Å². The molecule has 0 spiro atoms. The van der Waals surface area contributed by atoms with Gasteiger partial charge in [0.2, 0.25) is 5.28 Å². The van der Waals surface area contributed by atoms with Gasteiger partial charge in [0.05, 0.1) is 19.8 Å². The van der Waals surface area contributed by atoms with Gasteiger partial charge < -0.3 is 23.4 Å². The molecular formula is C26H31N2O7P. The van der Waals surface area contributed by atoms with Gasteiger partial charge in [-0.1, -0.05) is 60.7 Å². The van der Waals surface area contributed by atoms with Crippen molar-refractivity contribution in [2.24, 2.45) is 4.99 Å². The highest BCUT2D eigenvalue weighted by molar-refractivity contribution is 7.55. The van der Waals surface area contributed by atoms with Gasteiger partial charge in [-0.2, -0.15) is 0 Å². The molecule has 0 bridgehead atoms. The van der Waals surface area contributed by atoms with Crippen LogP contribution in [0.3, 0.4) is 0 Å². The zero-order valence-corrected chi connectivity index (χ0v) is 21.4. The number of carbonyl (C=O) groups is 2. The molecule has 4 rings (SSSR count). The average Bonchev–Trinajstić information content (AvgIpc) is 2.89. The molecule has 0 radical (unpaired) electrons. The lowest BCUT2D eigenvalue weighted by Crippen LogP contribution is -2.60. The molecule has 2 aliphatic heterocycles. The summed E-state index contributed by atoms with van der Waals surface area (Å²) in [5.74, 6) is -0.612. The number of aliphatic imine (C=N–C) groups is 1. The highest BCUT2D eigenvalue weighted by atomic mass is 31.2. The number of ether oxygens (including phenoxy) is 2. The molecule has 1 saturated heterocycles. The summed E-state index contributed by atoms with van der Waals surface area (Å²) in [7, 11) is -3.88. The minimum absolute atomic E-state index is 0.0361. The molecule has 9 nitrogen and oxygen atoms in total. The van der Waals surface area contributed by atoms with Crippen LogP contribution in [0.5, 0.6) is 0 Å². The van der Waals surface area contributed by atoms with Crippen molar-refractivity contribution in [1.29, 1.82) is 0 Å². The second-order valence-electron chi connectivity index (χ2n) is 8.56. The van der Waals surface area contributed by atoms with Gasteiger partial charge in [0.1, 0.15) is 12.3 Å². The lowest BCUT2D eigenvalue weighted by atomic mass is 9.98. The summed E-state index contributed by atoms with van der Waals surface area (Å²) in [6.45, 7) is 3.97. The van der Waals surface area contributed by atoms with E-state index < -0.39 is 31.0 Å². The Morgan fingerprint density at radius 1 is 1.06 bits per heavy atom. The van der Waals surface area contributed by atoms with Gasteiger partial charge in [0.25, 0.3) is 0 Å². The first-order valence-corrected chi connectivity index (χ1v) is 13.6. The molecule has 0 aliphatic carbocycles. The maximum Gasteiger partial charge on any atom is 0.410 e. The fourth-order valence-corrected chi connectivity index (χ4v) is 6.79. The SMILES string of the molecule is CCOP(=O)(OCC)[C@@]12CCN(C(=O)OCc3ccccc3)C[C@H]1OC(=O)C(Cc1ccccc1)=N2. The molecule has 2 aromatic carbocycles. The summed E-state index contributed by atoms with van der Waals surface area (Å²) in [5, 5.41) is -1.45. The Bertz CT molecular complexity index is 1130. The summed E-state index contributed by atoms with van der Waals surface area (Å²) in [5.41, 5.74) is 1.87. The van der Waals surface area contributed by atoms with Crippen molar-refractivity contribution in [3.63, 3.8) is 0 Å². The number of hydrogen-bond acceptors (Lipinski definition) is 8. The number of likely N-dealkylation sites (tertiary alicyclic amines) is 1. The predicted molar refractivity (Wildman–Crippen MR) is 134 cm³/mol. The zero-order chi connectivity index (χ0) is 25.6. The Morgan fingerprint density at radius 3 is 2.28 bits per heavy atom. The van der Waals surface area contributed by atoms with Crippen LogP contribution in [0.1, 0.15) is 31.4 Å². The minimum atomic E-state index is -3.88. The Hall–Kier alpha value is -3.00. The summed E-state index contributed by atoms with van der Waals surface area (Å²) in [4.78, 5) is 32.0. The van der Waals surface area contributed by atoms with Gasteiger partial charge in [0, 0.05) is 19.4 Å². The Labute approximate surface area is 210 Å². The number of benzene rings is 2. The first kappa shape index (κ1) is 26.1. The molecule has 10 heteroatoms. The first-order valence-electron chi connectivity index (χ1n) is 12.1. The highest BCUT2D eigenvalue weighted by Gasteiger charge is 2.63. The standard InChI is InChI=1S/C26H31N2O7P/c1-3-33-36(31,34-4-2)26-15-16-28(25(30)32-19-21-13-9-6-10-14-21)18-23(26)35-24(29)22(27-26)17-20-11-7-5-8-12-20/h5-14,23H,3-4,15-19H2,1-2H3/t23-,26+/m1/s1. The van der Waals surface area contributed by atoms with Crippen LogP contribution in [-0.2, 0) is 40.9 Å². The quantitative estimate of drug-likeness (QED) is 0.356.